The van der Waals surface area contributed by atoms with E-state index in [1.165, 1.54) is 5.39 Å². The SMILES string of the molecule is [2H]c1c([2H])c(N(c2ccccc2)c2cccc3ccccc23)c([2H])c([2H])c1-c1cccc2c(N(c3ccc4ccccc4c3)c3ccc4c5ccccc5n(-c5ccccc5)c4c3)cccc12. The molecular weight excluding hydrogens is 763 g/mol. The lowest BCUT2D eigenvalue weighted by Gasteiger charge is -2.28. The van der Waals surface area contributed by atoms with Crippen molar-refractivity contribution in [1.29, 1.82) is 0 Å². The fourth-order valence-electron chi connectivity index (χ4n) is 9.32. The Kier molecular flexibility index (Phi) is 7.84. The van der Waals surface area contributed by atoms with Crippen LogP contribution >= 0.6 is 0 Å². The maximum absolute atomic E-state index is 9.74. The fourth-order valence-corrected chi connectivity index (χ4v) is 9.32. The molecule has 0 N–H and O–H groups in total. The summed E-state index contributed by atoms with van der Waals surface area (Å²) in [6, 6.07) is 76.0. The van der Waals surface area contributed by atoms with Crippen molar-refractivity contribution in [3.05, 3.63) is 249 Å². The molecule has 1 heterocycles. The number of rotatable bonds is 8. The molecule has 0 fully saturated rings. The third kappa shape index (κ3) is 6.29. The Morgan fingerprint density at radius 1 is 0.317 bits per heavy atom. The van der Waals surface area contributed by atoms with E-state index in [9.17, 15) is 5.48 Å². The molecule has 0 saturated carbocycles. The van der Waals surface area contributed by atoms with Crippen LogP contribution in [0.2, 0.25) is 0 Å². The maximum atomic E-state index is 9.74. The summed E-state index contributed by atoms with van der Waals surface area (Å²) in [4.78, 5) is 4.16. The molecule has 0 aliphatic rings. The predicted octanol–water partition coefficient (Wildman–Crippen LogP) is 16.8. The van der Waals surface area contributed by atoms with Crippen LogP contribution in [-0.2, 0) is 0 Å². The van der Waals surface area contributed by atoms with Gasteiger partial charge in [0.1, 0.15) is 0 Å². The molecular formula is C60H41N3. The van der Waals surface area contributed by atoms with Crippen molar-refractivity contribution in [2.24, 2.45) is 0 Å². The number of nitrogens with zero attached hydrogens (tertiary/aromatic N) is 3. The second-order valence-electron chi connectivity index (χ2n) is 15.8. The van der Waals surface area contributed by atoms with Crippen molar-refractivity contribution in [3.8, 4) is 16.8 Å². The largest absolute Gasteiger partial charge is 0.310 e. The molecule has 296 valence electrons. The van der Waals surface area contributed by atoms with Crippen molar-refractivity contribution in [3.63, 3.8) is 0 Å². The molecule has 0 bridgehead atoms. The third-order valence-corrected chi connectivity index (χ3v) is 12.2. The molecule has 0 saturated heterocycles. The Labute approximate surface area is 372 Å². The van der Waals surface area contributed by atoms with Crippen LogP contribution < -0.4 is 9.80 Å². The first-order valence-corrected chi connectivity index (χ1v) is 21.3. The van der Waals surface area contributed by atoms with Crippen LogP contribution in [0.15, 0.2) is 249 Å². The minimum absolute atomic E-state index is 0.111. The zero-order valence-corrected chi connectivity index (χ0v) is 34.2. The number of anilines is 6. The van der Waals surface area contributed by atoms with Gasteiger partial charge < -0.3 is 14.4 Å². The van der Waals surface area contributed by atoms with Crippen LogP contribution in [-0.4, -0.2) is 4.57 Å². The van der Waals surface area contributed by atoms with Crippen molar-refractivity contribution in [2.45, 2.75) is 0 Å². The Hall–Kier alpha value is -8.40. The molecule has 0 atom stereocenters. The Morgan fingerprint density at radius 2 is 0.873 bits per heavy atom. The summed E-state index contributed by atoms with van der Waals surface area (Å²) < 4.78 is 41.2. The number of benzene rings is 11. The van der Waals surface area contributed by atoms with Gasteiger partial charge in [0.2, 0.25) is 0 Å². The van der Waals surface area contributed by atoms with Gasteiger partial charge in [-0.05, 0) is 111 Å². The molecule has 0 amide bonds. The van der Waals surface area contributed by atoms with Crippen LogP contribution in [0.5, 0.6) is 0 Å². The van der Waals surface area contributed by atoms with E-state index in [0.29, 0.717) is 5.56 Å². The van der Waals surface area contributed by atoms with E-state index < -0.39 is 0 Å². The summed E-state index contributed by atoms with van der Waals surface area (Å²) >= 11 is 0. The summed E-state index contributed by atoms with van der Waals surface area (Å²) in [6.45, 7) is 0. The van der Waals surface area contributed by atoms with Crippen LogP contribution in [0.4, 0.5) is 34.1 Å². The molecule has 63 heavy (non-hydrogen) atoms. The van der Waals surface area contributed by atoms with Crippen molar-refractivity contribution in [1.82, 2.24) is 4.57 Å². The molecule has 0 aliphatic heterocycles. The molecule has 12 rings (SSSR count). The number of aromatic nitrogens is 1. The minimum Gasteiger partial charge on any atom is -0.310 e. The van der Waals surface area contributed by atoms with Crippen molar-refractivity contribution >= 4 is 88.2 Å². The van der Waals surface area contributed by atoms with Crippen molar-refractivity contribution in [2.75, 3.05) is 9.80 Å². The van der Waals surface area contributed by atoms with E-state index >= 15 is 0 Å². The first-order chi connectivity index (χ1) is 32.9. The van der Waals surface area contributed by atoms with E-state index in [0.717, 1.165) is 82.9 Å². The average molecular weight is 808 g/mol. The van der Waals surface area contributed by atoms with Gasteiger partial charge in [0, 0.05) is 50.0 Å². The number of para-hydroxylation sites is 3. The summed E-state index contributed by atoms with van der Waals surface area (Å²) in [7, 11) is 0. The van der Waals surface area contributed by atoms with Gasteiger partial charge in [0.25, 0.3) is 0 Å². The molecule has 0 spiro atoms. The number of hydrogen-bond donors (Lipinski definition) is 0. The lowest BCUT2D eigenvalue weighted by atomic mass is 9.96. The highest BCUT2D eigenvalue weighted by atomic mass is 15.2. The zero-order chi connectivity index (χ0) is 45.2. The first-order valence-electron chi connectivity index (χ1n) is 23.3. The van der Waals surface area contributed by atoms with Crippen LogP contribution in [0.3, 0.4) is 0 Å². The highest BCUT2D eigenvalue weighted by Gasteiger charge is 2.21. The smallest absolute Gasteiger partial charge is 0.0645 e. The van der Waals surface area contributed by atoms with Gasteiger partial charge in [0.05, 0.1) is 27.9 Å². The van der Waals surface area contributed by atoms with Gasteiger partial charge >= 0.3 is 0 Å². The average Bonchev–Trinajstić information content (AvgIpc) is 3.71. The molecule has 3 heteroatoms. The van der Waals surface area contributed by atoms with Crippen molar-refractivity contribution < 1.29 is 5.48 Å². The predicted molar refractivity (Wildman–Crippen MR) is 268 cm³/mol. The fraction of sp³-hybridized carbons (Fsp3) is 0. The second kappa shape index (κ2) is 15.3. The Morgan fingerprint density at radius 3 is 1.70 bits per heavy atom. The lowest BCUT2D eigenvalue weighted by Crippen LogP contribution is -2.11. The van der Waals surface area contributed by atoms with Crippen LogP contribution in [0, 0.1) is 0 Å². The van der Waals surface area contributed by atoms with Gasteiger partial charge in [-0.1, -0.05) is 170 Å². The Bertz CT molecular complexity index is 3850. The van der Waals surface area contributed by atoms with E-state index in [4.69, 9.17) is 0 Å². The molecule has 0 unspecified atom stereocenters. The van der Waals surface area contributed by atoms with Crippen LogP contribution in [0.1, 0.15) is 5.48 Å². The highest BCUT2D eigenvalue weighted by Crippen LogP contribution is 2.45. The Balaban J connectivity index is 1.07. The second-order valence-corrected chi connectivity index (χ2v) is 15.8. The minimum atomic E-state index is -0.124. The zero-order valence-electron chi connectivity index (χ0n) is 38.2. The summed E-state index contributed by atoms with van der Waals surface area (Å²) in [6.07, 6.45) is 0. The quantitative estimate of drug-likeness (QED) is 0.151. The van der Waals surface area contributed by atoms with Gasteiger partial charge in [0.15, 0.2) is 0 Å². The van der Waals surface area contributed by atoms with Gasteiger partial charge in [-0.15, -0.1) is 0 Å². The highest BCUT2D eigenvalue weighted by molar-refractivity contribution is 6.12. The molecule has 0 aliphatic carbocycles. The van der Waals surface area contributed by atoms with E-state index in [1.807, 2.05) is 108 Å². The molecule has 11 aromatic carbocycles. The number of fused-ring (bicyclic) bond motifs is 6. The molecule has 1 aromatic heterocycles. The topological polar surface area (TPSA) is 11.4 Å². The van der Waals surface area contributed by atoms with Crippen LogP contribution in [0.25, 0.3) is 70.9 Å². The van der Waals surface area contributed by atoms with E-state index in [1.54, 1.807) is 0 Å². The number of hydrogen-bond acceptors (Lipinski definition) is 2. The maximum Gasteiger partial charge on any atom is 0.0645 e. The summed E-state index contributed by atoms with van der Waals surface area (Å²) in [5, 5.41) is 8.25. The van der Waals surface area contributed by atoms with E-state index in [2.05, 4.69) is 131 Å². The lowest BCUT2D eigenvalue weighted by molar-refractivity contribution is 1.18. The normalized spacial score (nSPS) is 12.4. The summed E-state index contributed by atoms with van der Waals surface area (Å²) in [5.74, 6) is 0. The van der Waals surface area contributed by atoms with Gasteiger partial charge in [-0.25, -0.2) is 0 Å². The monoisotopic (exact) mass is 807 g/mol. The first kappa shape index (κ1) is 32.4. The molecule has 0 radical (unpaired) electrons. The standard InChI is InChI=1S/C60H41N3/c1-3-20-46(21-4-1)61(57-30-13-19-43-17-9-10-24-52(43)57)48-35-33-44(34-36-48)51-26-14-28-54-53(51)27-15-31-58(54)62(49-37-32-42-16-7-8-18-45(42)40-49)50-38-39-56-55-25-11-12-29-59(55)63(60(56)41-50)47-22-5-2-6-23-47/h1-41H/i33D,34D,35D,36D. The molecule has 3 nitrogen and oxygen atoms in total. The van der Waals surface area contributed by atoms with Gasteiger partial charge in [-0.3, -0.25) is 0 Å². The van der Waals surface area contributed by atoms with Gasteiger partial charge in [-0.2, -0.15) is 0 Å². The third-order valence-electron chi connectivity index (χ3n) is 12.2. The van der Waals surface area contributed by atoms with E-state index in [-0.39, 0.29) is 35.4 Å². The molecule has 12 aromatic rings. The summed E-state index contributed by atoms with van der Waals surface area (Å²) in [5.41, 5.74) is 8.69.